The van der Waals surface area contributed by atoms with E-state index in [1.807, 2.05) is 6.07 Å². The summed E-state index contributed by atoms with van der Waals surface area (Å²) in [5.74, 6) is 0. The number of nitrogens with zero attached hydrogens (tertiary/aromatic N) is 3. The Bertz CT molecular complexity index is 409. The predicted octanol–water partition coefficient (Wildman–Crippen LogP) is 2.15. The number of aromatic nitrogens is 3. The Hall–Kier alpha value is -1.51. The minimum Gasteiger partial charge on any atom is -0.262 e. The fourth-order valence-electron chi connectivity index (χ4n) is 1.55. The largest absolute Gasteiger partial charge is 0.262 e. The van der Waals surface area contributed by atoms with Crippen LogP contribution in [0.3, 0.4) is 0 Å². The molecule has 0 N–H and O–H groups in total. The van der Waals surface area contributed by atoms with Crippen molar-refractivity contribution in [2.45, 2.75) is 26.7 Å². The fourth-order valence-corrected chi connectivity index (χ4v) is 1.55. The Morgan fingerprint density at radius 1 is 1.00 bits per heavy atom. The Labute approximate surface area is 83.2 Å². The monoisotopic (exact) mass is 187 g/mol. The van der Waals surface area contributed by atoms with Crippen molar-refractivity contribution in [1.82, 2.24) is 15.0 Å². The molecule has 72 valence electrons. The molecule has 0 amide bonds. The zero-order valence-corrected chi connectivity index (χ0v) is 8.49. The average molecular weight is 187 g/mol. The van der Waals surface area contributed by atoms with Crippen LogP contribution in [0.1, 0.15) is 25.2 Å². The van der Waals surface area contributed by atoms with Crippen molar-refractivity contribution in [3.63, 3.8) is 0 Å². The van der Waals surface area contributed by atoms with Crippen LogP contribution in [-0.2, 0) is 12.8 Å². The van der Waals surface area contributed by atoms with E-state index in [0.29, 0.717) is 0 Å². The second-order valence-electron chi connectivity index (χ2n) is 3.19. The van der Waals surface area contributed by atoms with Crippen LogP contribution >= 0.6 is 0 Å². The minimum atomic E-state index is 0.890. The molecule has 0 atom stereocenters. The molecule has 0 aromatic carbocycles. The highest BCUT2D eigenvalue weighted by Crippen LogP contribution is 2.12. The number of fused-ring (bicyclic) bond motifs is 1. The molecule has 0 aliphatic heterocycles. The maximum absolute atomic E-state index is 4.56. The lowest BCUT2D eigenvalue weighted by atomic mass is 10.2. The first-order valence-electron chi connectivity index (χ1n) is 4.94. The Morgan fingerprint density at radius 3 is 2.29 bits per heavy atom. The molecule has 0 aliphatic rings. The highest BCUT2D eigenvalue weighted by atomic mass is 14.8. The first-order valence-corrected chi connectivity index (χ1v) is 4.94. The molecule has 3 nitrogen and oxygen atoms in total. The lowest BCUT2D eigenvalue weighted by Crippen LogP contribution is -2.00. The van der Waals surface area contributed by atoms with E-state index in [1.165, 1.54) is 0 Å². The molecule has 0 saturated carbocycles. The summed E-state index contributed by atoms with van der Waals surface area (Å²) >= 11 is 0. The lowest BCUT2D eigenvalue weighted by molar-refractivity contribution is 0.928. The van der Waals surface area contributed by atoms with Crippen LogP contribution in [0.2, 0.25) is 0 Å². The molecule has 0 radical (unpaired) electrons. The third kappa shape index (κ3) is 1.45. The third-order valence-corrected chi connectivity index (χ3v) is 2.29. The van der Waals surface area contributed by atoms with Gasteiger partial charge in [0, 0.05) is 6.20 Å². The van der Waals surface area contributed by atoms with E-state index in [9.17, 15) is 0 Å². The molecule has 3 heteroatoms. The number of aryl methyl sites for hydroxylation is 2. The Morgan fingerprint density at radius 2 is 1.64 bits per heavy atom. The summed E-state index contributed by atoms with van der Waals surface area (Å²) in [5, 5.41) is 0. The van der Waals surface area contributed by atoms with Gasteiger partial charge < -0.3 is 0 Å². The first-order chi connectivity index (χ1) is 6.85. The van der Waals surface area contributed by atoms with Gasteiger partial charge in [-0.2, -0.15) is 0 Å². The summed E-state index contributed by atoms with van der Waals surface area (Å²) in [5.41, 5.74) is 4.02. The average Bonchev–Trinajstić information content (AvgIpc) is 2.27. The second kappa shape index (κ2) is 3.70. The van der Waals surface area contributed by atoms with Gasteiger partial charge in [0.1, 0.15) is 5.52 Å². The number of pyridine rings is 1. The molecule has 0 bridgehead atoms. The SMILES string of the molecule is CCc1nc2ccncc2nc1CC. The van der Waals surface area contributed by atoms with Crippen LogP contribution in [0.5, 0.6) is 0 Å². The van der Waals surface area contributed by atoms with E-state index in [4.69, 9.17) is 0 Å². The van der Waals surface area contributed by atoms with Gasteiger partial charge in [-0.15, -0.1) is 0 Å². The summed E-state index contributed by atoms with van der Waals surface area (Å²) < 4.78 is 0. The number of hydrogen-bond acceptors (Lipinski definition) is 3. The van der Waals surface area contributed by atoms with Crippen molar-refractivity contribution in [3.05, 3.63) is 29.8 Å². The quantitative estimate of drug-likeness (QED) is 0.723. The molecular formula is C11H13N3. The fraction of sp³-hybridized carbons (Fsp3) is 0.364. The molecule has 0 fully saturated rings. The van der Waals surface area contributed by atoms with Gasteiger partial charge in [-0.3, -0.25) is 4.98 Å². The van der Waals surface area contributed by atoms with E-state index in [0.717, 1.165) is 35.3 Å². The third-order valence-electron chi connectivity index (χ3n) is 2.29. The van der Waals surface area contributed by atoms with Crippen LogP contribution in [0.15, 0.2) is 18.5 Å². The predicted molar refractivity (Wildman–Crippen MR) is 56.1 cm³/mol. The normalized spacial score (nSPS) is 10.7. The summed E-state index contributed by atoms with van der Waals surface area (Å²) in [6.45, 7) is 4.21. The van der Waals surface area contributed by atoms with Crippen LogP contribution in [-0.4, -0.2) is 15.0 Å². The van der Waals surface area contributed by atoms with Gasteiger partial charge in [0.25, 0.3) is 0 Å². The van der Waals surface area contributed by atoms with Gasteiger partial charge in [0.05, 0.1) is 23.1 Å². The summed E-state index contributed by atoms with van der Waals surface area (Å²) in [6.07, 6.45) is 5.39. The lowest BCUT2D eigenvalue weighted by Gasteiger charge is -2.05. The molecule has 0 saturated heterocycles. The molecule has 2 heterocycles. The Kier molecular flexibility index (Phi) is 2.39. The van der Waals surface area contributed by atoms with Crippen molar-refractivity contribution in [3.8, 4) is 0 Å². The van der Waals surface area contributed by atoms with Crippen LogP contribution in [0, 0.1) is 0 Å². The van der Waals surface area contributed by atoms with Crippen molar-refractivity contribution < 1.29 is 0 Å². The zero-order chi connectivity index (χ0) is 9.97. The second-order valence-corrected chi connectivity index (χ2v) is 3.19. The van der Waals surface area contributed by atoms with Crippen molar-refractivity contribution >= 4 is 11.0 Å². The molecule has 0 unspecified atom stereocenters. The highest BCUT2D eigenvalue weighted by Gasteiger charge is 2.04. The van der Waals surface area contributed by atoms with E-state index >= 15 is 0 Å². The van der Waals surface area contributed by atoms with Crippen molar-refractivity contribution in [1.29, 1.82) is 0 Å². The van der Waals surface area contributed by atoms with E-state index in [1.54, 1.807) is 12.4 Å². The molecule has 14 heavy (non-hydrogen) atoms. The molecule has 2 aromatic heterocycles. The van der Waals surface area contributed by atoms with Crippen LogP contribution in [0.4, 0.5) is 0 Å². The molecule has 0 aliphatic carbocycles. The zero-order valence-electron chi connectivity index (χ0n) is 8.49. The van der Waals surface area contributed by atoms with E-state index in [2.05, 4.69) is 28.8 Å². The number of hydrogen-bond donors (Lipinski definition) is 0. The smallest absolute Gasteiger partial charge is 0.107 e. The van der Waals surface area contributed by atoms with Gasteiger partial charge in [0.15, 0.2) is 0 Å². The Balaban J connectivity index is 2.69. The molecule has 0 spiro atoms. The van der Waals surface area contributed by atoms with Crippen LogP contribution in [0.25, 0.3) is 11.0 Å². The standard InChI is InChI=1S/C11H13N3/c1-3-8-9(4-2)14-11-7-12-6-5-10(11)13-8/h5-7H,3-4H2,1-2H3. The topological polar surface area (TPSA) is 38.7 Å². The summed E-state index contributed by atoms with van der Waals surface area (Å²) in [6, 6.07) is 1.90. The first kappa shape index (κ1) is 9.06. The van der Waals surface area contributed by atoms with Gasteiger partial charge >= 0.3 is 0 Å². The van der Waals surface area contributed by atoms with Crippen molar-refractivity contribution in [2.75, 3.05) is 0 Å². The summed E-state index contributed by atoms with van der Waals surface area (Å²) in [7, 11) is 0. The van der Waals surface area contributed by atoms with Gasteiger partial charge in [-0.25, -0.2) is 9.97 Å². The van der Waals surface area contributed by atoms with Gasteiger partial charge in [-0.1, -0.05) is 13.8 Å². The minimum absolute atomic E-state index is 0.890. The highest BCUT2D eigenvalue weighted by molar-refractivity contribution is 5.72. The molecule has 2 rings (SSSR count). The van der Waals surface area contributed by atoms with Crippen molar-refractivity contribution in [2.24, 2.45) is 0 Å². The number of rotatable bonds is 2. The maximum Gasteiger partial charge on any atom is 0.107 e. The van der Waals surface area contributed by atoms with E-state index in [-0.39, 0.29) is 0 Å². The molecule has 2 aromatic rings. The van der Waals surface area contributed by atoms with Crippen LogP contribution < -0.4 is 0 Å². The molecular weight excluding hydrogens is 174 g/mol. The van der Waals surface area contributed by atoms with E-state index < -0.39 is 0 Å². The maximum atomic E-state index is 4.56. The summed E-state index contributed by atoms with van der Waals surface area (Å²) in [4.78, 5) is 13.1. The van der Waals surface area contributed by atoms with Gasteiger partial charge in [0.2, 0.25) is 0 Å². The van der Waals surface area contributed by atoms with Gasteiger partial charge in [-0.05, 0) is 18.9 Å².